The van der Waals surface area contributed by atoms with Gasteiger partial charge in [0.05, 0.1) is 0 Å². The van der Waals surface area contributed by atoms with Crippen LogP contribution < -0.4 is 5.32 Å². The second-order valence-corrected chi connectivity index (χ2v) is 6.08. The number of hydrogen-bond donors (Lipinski definition) is 1. The normalized spacial score (nSPS) is 18.9. The van der Waals surface area contributed by atoms with Gasteiger partial charge in [-0.2, -0.15) is 0 Å². The standard InChI is InChI=1S/C15H32N2/c1-5-15(6-2,12-16-14(3)4)13-17-10-8-7-9-11-17/h14,16H,5-13H2,1-4H3. The summed E-state index contributed by atoms with van der Waals surface area (Å²) in [6.07, 6.45) is 6.83. The van der Waals surface area contributed by atoms with Gasteiger partial charge in [0.1, 0.15) is 0 Å². The average molecular weight is 240 g/mol. The fraction of sp³-hybridized carbons (Fsp3) is 1.00. The maximum Gasteiger partial charge on any atom is 0.00499 e. The lowest BCUT2D eigenvalue weighted by molar-refractivity contribution is 0.115. The average Bonchev–Trinajstić information content (AvgIpc) is 2.36. The fourth-order valence-electron chi connectivity index (χ4n) is 2.79. The molecular formula is C15H32N2. The summed E-state index contributed by atoms with van der Waals surface area (Å²) < 4.78 is 0. The predicted molar refractivity (Wildman–Crippen MR) is 76.4 cm³/mol. The Morgan fingerprint density at radius 3 is 2.12 bits per heavy atom. The summed E-state index contributed by atoms with van der Waals surface area (Å²) in [4.78, 5) is 2.69. The molecule has 0 aromatic heterocycles. The van der Waals surface area contributed by atoms with Crippen molar-refractivity contribution in [2.45, 2.75) is 65.8 Å². The van der Waals surface area contributed by atoms with Gasteiger partial charge in [-0.1, -0.05) is 34.1 Å². The first-order valence-corrected chi connectivity index (χ1v) is 7.57. The van der Waals surface area contributed by atoms with Gasteiger partial charge in [-0.25, -0.2) is 0 Å². The molecule has 0 amide bonds. The van der Waals surface area contributed by atoms with Gasteiger partial charge in [-0.15, -0.1) is 0 Å². The SMILES string of the molecule is CCC(CC)(CNC(C)C)CN1CCCCC1. The van der Waals surface area contributed by atoms with Crippen LogP contribution in [-0.2, 0) is 0 Å². The Labute approximate surface area is 108 Å². The number of nitrogens with zero attached hydrogens (tertiary/aromatic N) is 1. The van der Waals surface area contributed by atoms with E-state index in [4.69, 9.17) is 0 Å². The zero-order chi connectivity index (χ0) is 12.7. The second kappa shape index (κ2) is 7.38. The zero-order valence-electron chi connectivity index (χ0n) is 12.4. The molecule has 1 saturated heterocycles. The molecule has 0 unspecified atom stereocenters. The molecule has 2 heteroatoms. The van der Waals surface area contributed by atoms with E-state index in [0.29, 0.717) is 11.5 Å². The highest BCUT2D eigenvalue weighted by Crippen LogP contribution is 2.28. The van der Waals surface area contributed by atoms with Crippen molar-refractivity contribution in [2.24, 2.45) is 5.41 Å². The highest BCUT2D eigenvalue weighted by Gasteiger charge is 2.29. The first-order valence-electron chi connectivity index (χ1n) is 7.57. The molecule has 0 spiro atoms. The van der Waals surface area contributed by atoms with Crippen molar-refractivity contribution in [1.29, 1.82) is 0 Å². The van der Waals surface area contributed by atoms with E-state index in [-0.39, 0.29) is 0 Å². The molecule has 0 aliphatic carbocycles. The van der Waals surface area contributed by atoms with Gasteiger partial charge in [0.25, 0.3) is 0 Å². The third-order valence-electron chi connectivity index (χ3n) is 4.39. The van der Waals surface area contributed by atoms with Crippen LogP contribution in [-0.4, -0.2) is 37.1 Å². The topological polar surface area (TPSA) is 15.3 Å². The van der Waals surface area contributed by atoms with Crippen molar-refractivity contribution in [3.8, 4) is 0 Å². The molecular weight excluding hydrogens is 208 g/mol. The van der Waals surface area contributed by atoms with Gasteiger partial charge in [-0.05, 0) is 44.2 Å². The Hall–Kier alpha value is -0.0800. The molecule has 0 atom stereocenters. The van der Waals surface area contributed by atoms with Crippen molar-refractivity contribution >= 4 is 0 Å². The van der Waals surface area contributed by atoms with Gasteiger partial charge in [0.15, 0.2) is 0 Å². The summed E-state index contributed by atoms with van der Waals surface area (Å²) in [5.41, 5.74) is 0.488. The molecule has 0 saturated carbocycles. The largest absolute Gasteiger partial charge is 0.314 e. The lowest BCUT2D eigenvalue weighted by Gasteiger charge is -2.39. The van der Waals surface area contributed by atoms with E-state index >= 15 is 0 Å². The van der Waals surface area contributed by atoms with Crippen molar-refractivity contribution in [1.82, 2.24) is 10.2 Å². The predicted octanol–water partition coefficient (Wildman–Crippen LogP) is 3.28. The summed E-state index contributed by atoms with van der Waals surface area (Å²) in [5.74, 6) is 0. The van der Waals surface area contributed by atoms with Crippen LogP contribution in [0.2, 0.25) is 0 Å². The fourth-order valence-corrected chi connectivity index (χ4v) is 2.79. The molecule has 102 valence electrons. The molecule has 1 rings (SSSR count). The number of likely N-dealkylation sites (tertiary alicyclic amines) is 1. The molecule has 0 aromatic rings. The summed E-state index contributed by atoms with van der Waals surface area (Å²) >= 11 is 0. The van der Waals surface area contributed by atoms with E-state index in [9.17, 15) is 0 Å². The Balaban J connectivity index is 2.49. The van der Waals surface area contributed by atoms with E-state index in [1.165, 1.54) is 58.3 Å². The molecule has 2 nitrogen and oxygen atoms in total. The third-order valence-corrected chi connectivity index (χ3v) is 4.39. The Bertz CT molecular complexity index is 191. The summed E-state index contributed by atoms with van der Waals surface area (Å²) in [6.45, 7) is 14.3. The number of rotatable bonds is 7. The highest BCUT2D eigenvalue weighted by molar-refractivity contribution is 4.84. The molecule has 1 aliphatic rings. The maximum absolute atomic E-state index is 3.65. The first kappa shape index (κ1) is 15.0. The summed E-state index contributed by atoms with van der Waals surface area (Å²) in [6, 6.07) is 0.605. The Morgan fingerprint density at radius 1 is 1.06 bits per heavy atom. The Morgan fingerprint density at radius 2 is 1.65 bits per heavy atom. The number of piperidine rings is 1. The van der Waals surface area contributed by atoms with Crippen LogP contribution >= 0.6 is 0 Å². The van der Waals surface area contributed by atoms with Crippen LogP contribution in [0.3, 0.4) is 0 Å². The summed E-state index contributed by atoms with van der Waals surface area (Å²) in [7, 11) is 0. The molecule has 0 bridgehead atoms. The number of hydrogen-bond acceptors (Lipinski definition) is 2. The maximum atomic E-state index is 3.65. The highest BCUT2D eigenvalue weighted by atomic mass is 15.1. The third kappa shape index (κ3) is 4.97. The van der Waals surface area contributed by atoms with Crippen LogP contribution in [0, 0.1) is 5.41 Å². The van der Waals surface area contributed by atoms with E-state index < -0.39 is 0 Å². The zero-order valence-corrected chi connectivity index (χ0v) is 12.4. The van der Waals surface area contributed by atoms with Crippen molar-refractivity contribution < 1.29 is 0 Å². The molecule has 1 aliphatic heterocycles. The van der Waals surface area contributed by atoms with Gasteiger partial charge in [0, 0.05) is 19.1 Å². The van der Waals surface area contributed by atoms with Crippen molar-refractivity contribution in [3.63, 3.8) is 0 Å². The van der Waals surface area contributed by atoms with Crippen LogP contribution in [0.5, 0.6) is 0 Å². The van der Waals surface area contributed by atoms with Crippen LogP contribution in [0.25, 0.3) is 0 Å². The molecule has 0 aromatic carbocycles. The van der Waals surface area contributed by atoms with Crippen LogP contribution in [0.4, 0.5) is 0 Å². The smallest absolute Gasteiger partial charge is 0.00499 e. The lowest BCUT2D eigenvalue weighted by atomic mass is 9.81. The quantitative estimate of drug-likeness (QED) is 0.735. The minimum Gasteiger partial charge on any atom is -0.314 e. The van der Waals surface area contributed by atoms with Gasteiger partial charge >= 0.3 is 0 Å². The molecule has 1 fully saturated rings. The molecule has 0 radical (unpaired) electrons. The van der Waals surface area contributed by atoms with E-state index in [0.717, 1.165) is 0 Å². The van der Waals surface area contributed by atoms with Gasteiger partial charge < -0.3 is 10.2 Å². The van der Waals surface area contributed by atoms with Crippen molar-refractivity contribution in [2.75, 3.05) is 26.2 Å². The molecule has 1 N–H and O–H groups in total. The van der Waals surface area contributed by atoms with Crippen LogP contribution in [0.15, 0.2) is 0 Å². The second-order valence-electron chi connectivity index (χ2n) is 6.08. The first-order chi connectivity index (χ1) is 8.12. The Kier molecular flexibility index (Phi) is 6.50. The van der Waals surface area contributed by atoms with Crippen LogP contribution in [0.1, 0.15) is 59.8 Å². The van der Waals surface area contributed by atoms with E-state index in [1.54, 1.807) is 0 Å². The molecule has 17 heavy (non-hydrogen) atoms. The molecule has 1 heterocycles. The van der Waals surface area contributed by atoms with Crippen molar-refractivity contribution in [3.05, 3.63) is 0 Å². The van der Waals surface area contributed by atoms with Gasteiger partial charge in [0.2, 0.25) is 0 Å². The lowest BCUT2D eigenvalue weighted by Crippen LogP contribution is -2.46. The summed E-state index contributed by atoms with van der Waals surface area (Å²) in [5, 5.41) is 3.65. The van der Waals surface area contributed by atoms with E-state index in [2.05, 4.69) is 37.9 Å². The minimum atomic E-state index is 0.488. The number of nitrogens with one attached hydrogen (secondary N) is 1. The van der Waals surface area contributed by atoms with Gasteiger partial charge in [-0.3, -0.25) is 0 Å². The van der Waals surface area contributed by atoms with E-state index in [1.807, 2.05) is 0 Å². The minimum absolute atomic E-state index is 0.488. The monoisotopic (exact) mass is 240 g/mol.